The Morgan fingerprint density at radius 1 is 1.44 bits per heavy atom. The molecular weight excluding hydrogens is 379 g/mol. The maximum absolute atomic E-state index is 12.6. The smallest absolute Gasteiger partial charge is 0.354 e. The van der Waals surface area contributed by atoms with Crippen molar-refractivity contribution in [3.8, 4) is 0 Å². The third-order valence-corrected chi connectivity index (χ3v) is 6.29. The highest BCUT2D eigenvalue weighted by atomic mass is 32.2. The lowest BCUT2D eigenvalue weighted by Crippen LogP contribution is -2.51. The van der Waals surface area contributed by atoms with E-state index in [4.69, 9.17) is 0 Å². The van der Waals surface area contributed by atoms with Gasteiger partial charge in [-0.05, 0) is 19.8 Å². The second kappa shape index (κ2) is 7.87. The molecule has 25 heavy (non-hydrogen) atoms. The lowest BCUT2D eigenvalue weighted by molar-refractivity contribution is -0.0494. The van der Waals surface area contributed by atoms with Crippen LogP contribution in [0.25, 0.3) is 0 Å². The molecule has 0 saturated carbocycles. The van der Waals surface area contributed by atoms with E-state index in [0.29, 0.717) is 16.8 Å². The second-order valence-corrected chi connectivity index (χ2v) is 8.79. The third kappa shape index (κ3) is 5.05. The van der Waals surface area contributed by atoms with Crippen molar-refractivity contribution >= 4 is 27.3 Å². The summed E-state index contributed by atoms with van der Waals surface area (Å²) in [5.41, 5.74) is -5.25. The van der Waals surface area contributed by atoms with Crippen molar-refractivity contribution in [3.05, 3.63) is 16.1 Å². The Hall–Kier alpha value is -1.40. The van der Waals surface area contributed by atoms with Crippen molar-refractivity contribution in [3.63, 3.8) is 0 Å². The molecule has 0 aliphatic carbocycles. The lowest BCUT2D eigenvalue weighted by atomic mass is 10.1. The Labute approximate surface area is 148 Å². The molecule has 0 amide bonds. The van der Waals surface area contributed by atoms with Gasteiger partial charge in [0.2, 0.25) is 0 Å². The van der Waals surface area contributed by atoms with Gasteiger partial charge in [-0.2, -0.15) is 17.5 Å². The summed E-state index contributed by atoms with van der Waals surface area (Å²) in [5.74, 6) is 0.517. The predicted octanol–water partition coefficient (Wildman–Crippen LogP) is 1.43. The van der Waals surface area contributed by atoms with Crippen molar-refractivity contribution < 1.29 is 21.6 Å². The number of sulfonamides is 1. The highest BCUT2D eigenvalue weighted by Crippen LogP contribution is 2.28. The Morgan fingerprint density at radius 2 is 2.08 bits per heavy atom. The van der Waals surface area contributed by atoms with Crippen molar-refractivity contribution in [1.29, 1.82) is 0 Å². The van der Waals surface area contributed by atoms with Crippen molar-refractivity contribution in [2.24, 2.45) is 4.99 Å². The summed E-state index contributed by atoms with van der Waals surface area (Å²) < 4.78 is 61.0. The lowest BCUT2D eigenvalue weighted by Gasteiger charge is -2.32. The molecule has 0 spiro atoms. The molecule has 0 bridgehead atoms. The first-order valence-corrected chi connectivity index (χ1v) is 9.84. The number of aliphatic imine (C=N–C) groups is 1. The number of halogens is 3. The van der Waals surface area contributed by atoms with Gasteiger partial charge in [0, 0.05) is 37.3 Å². The highest BCUT2D eigenvalue weighted by Gasteiger charge is 2.50. The van der Waals surface area contributed by atoms with Crippen LogP contribution in [0.15, 0.2) is 11.2 Å². The van der Waals surface area contributed by atoms with Gasteiger partial charge in [0.15, 0.2) is 5.96 Å². The van der Waals surface area contributed by atoms with E-state index in [1.807, 2.05) is 6.92 Å². The monoisotopic (exact) mass is 399 g/mol. The summed E-state index contributed by atoms with van der Waals surface area (Å²) in [4.78, 5) is 9.26. The minimum Gasteiger partial charge on any atom is -0.354 e. The second-order valence-electron chi connectivity index (χ2n) is 5.54. The molecule has 1 aromatic heterocycles. The number of aryl methyl sites for hydroxylation is 1. The van der Waals surface area contributed by atoms with E-state index < -0.39 is 15.5 Å². The molecule has 12 heteroatoms. The fourth-order valence-corrected chi connectivity index (χ4v) is 4.15. The van der Waals surface area contributed by atoms with Gasteiger partial charge < -0.3 is 10.6 Å². The maximum Gasteiger partial charge on any atom is 0.511 e. The van der Waals surface area contributed by atoms with E-state index in [9.17, 15) is 21.6 Å². The first kappa shape index (κ1) is 19.9. The SMILES string of the molecule is CN=C(NCc1cnc(C)s1)NC1CCN(S(=O)(=O)C(F)(F)F)CC1. The van der Waals surface area contributed by atoms with Crippen molar-refractivity contribution in [1.82, 2.24) is 19.9 Å². The number of hydrogen-bond donors (Lipinski definition) is 2. The number of hydrogen-bond acceptors (Lipinski definition) is 5. The summed E-state index contributed by atoms with van der Waals surface area (Å²) in [6.45, 7) is 2.09. The molecule has 1 saturated heterocycles. The van der Waals surface area contributed by atoms with Crippen LogP contribution in [-0.2, 0) is 16.6 Å². The van der Waals surface area contributed by atoms with Crippen molar-refractivity contribution in [2.45, 2.75) is 37.9 Å². The van der Waals surface area contributed by atoms with E-state index >= 15 is 0 Å². The topological polar surface area (TPSA) is 86.7 Å². The average Bonchev–Trinajstić information content (AvgIpc) is 2.96. The van der Waals surface area contributed by atoms with Crippen LogP contribution in [0.5, 0.6) is 0 Å². The summed E-state index contributed by atoms with van der Waals surface area (Å²) in [6.07, 6.45) is 2.31. The minimum atomic E-state index is -5.25. The molecule has 1 aliphatic heterocycles. The molecule has 0 radical (unpaired) electrons. The molecular formula is C13H20F3N5O2S2. The third-order valence-electron chi connectivity index (χ3n) is 3.75. The van der Waals surface area contributed by atoms with Crippen LogP contribution in [0.4, 0.5) is 13.2 Å². The van der Waals surface area contributed by atoms with Crippen LogP contribution < -0.4 is 10.6 Å². The van der Waals surface area contributed by atoms with Crippen LogP contribution >= 0.6 is 11.3 Å². The number of guanidine groups is 1. The van der Waals surface area contributed by atoms with Crippen LogP contribution in [0, 0.1) is 6.92 Å². The van der Waals surface area contributed by atoms with Gasteiger partial charge in [-0.3, -0.25) is 4.99 Å². The van der Waals surface area contributed by atoms with Crippen LogP contribution in [0.1, 0.15) is 22.7 Å². The van der Waals surface area contributed by atoms with Gasteiger partial charge in [-0.15, -0.1) is 11.3 Å². The Kier molecular flexibility index (Phi) is 6.27. The van der Waals surface area contributed by atoms with E-state index in [1.165, 1.54) is 0 Å². The van der Waals surface area contributed by atoms with Crippen LogP contribution in [-0.4, -0.2) is 55.4 Å². The number of thiazole rings is 1. The number of nitrogens with zero attached hydrogens (tertiary/aromatic N) is 3. The highest BCUT2D eigenvalue weighted by molar-refractivity contribution is 7.90. The molecule has 0 unspecified atom stereocenters. The number of nitrogens with one attached hydrogen (secondary N) is 2. The zero-order valence-electron chi connectivity index (χ0n) is 13.8. The van der Waals surface area contributed by atoms with Crippen LogP contribution in [0.2, 0.25) is 0 Å². The normalized spacial score (nSPS) is 18.4. The summed E-state index contributed by atoms with van der Waals surface area (Å²) in [7, 11) is -3.65. The fourth-order valence-electron chi connectivity index (χ4n) is 2.43. The maximum atomic E-state index is 12.6. The molecule has 1 fully saturated rings. The molecule has 142 valence electrons. The zero-order chi connectivity index (χ0) is 18.7. The van der Waals surface area contributed by atoms with E-state index in [2.05, 4.69) is 20.6 Å². The van der Waals surface area contributed by atoms with Gasteiger partial charge in [-0.25, -0.2) is 13.4 Å². The van der Waals surface area contributed by atoms with Crippen LogP contribution in [0.3, 0.4) is 0 Å². The quantitative estimate of drug-likeness (QED) is 0.591. The molecule has 1 aliphatic rings. The molecule has 2 rings (SSSR count). The molecule has 2 heterocycles. The van der Waals surface area contributed by atoms with Gasteiger partial charge in [-0.1, -0.05) is 0 Å². The number of alkyl halides is 3. The molecule has 1 aromatic rings. The number of aromatic nitrogens is 1. The van der Waals surface area contributed by atoms with Gasteiger partial charge in [0.1, 0.15) is 0 Å². The summed E-state index contributed by atoms with van der Waals surface area (Å²) in [5, 5.41) is 7.18. The van der Waals surface area contributed by atoms with E-state index in [1.54, 1.807) is 24.6 Å². The van der Waals surface area contributed by atoms with Gasteiger partial charge >= 0.3 is 15.5 Å². The average molecular weight is 399 g/mol. The molecule has 0 aromatic carbocycles. The van der Waals surface area contributed by atoms with E-state index in [0.717, 1.165) is 9.88 Å². The zero-order valence-corrected chi connectivity index (χ0v) is 15.4. The minimum absolute atomic E-state index is 0.144. The summed E-state index contributed by atoms with van der Waals surface area (Å²) >= 11 is 1.56. The van der Waals surface area contributed by atoms with Gasteiger partial charge in [0.25, 0.3) is 0 Å². The first-order valence-electron chi connectivity index (χ1n) is 7.58. The van der Waals surface area contributed by atoms with E-state index in [-0.39, 0.29) is 32.0 Å². The number of piperidine rings is 1. The number of rotatable bonds is 4. The molecule has 2 N–H and O–H groups in total. The Bertz CT molecular complexity index is 709. The molecule has 0 atom stereocenters. The first-order chi connectivity index (χ1) is 11.6. The molecule has 7 nitrogen and oxygen atoms in total. The van der Waals surface area contributed by atoms with Gasteiger partial charge in [0.05, 0.1) is 11.6 Å². The Balaban J connectivity index is 1.84. The fraction of sp³-hybridized carbons (Fsp3) is 0.692. The predicted molar refractivity (Wildman–Crippen MR) is 89.8 cm³/mol. The Morgan fingerprint density at radius 3 is 2.56 bits per heavy atom. The standard InChI is InChI=1S/C13H20F3N5O2S2/c1-9-18-7-11(24-9)8-19-12(17-2)20-10-3-5-21(6-4-10)25(22,23)13(14,15)16/h7,10H,3-6,8H2,1-2H3,(H2,17,19,20). The van der Waals surface area contributed by atoms with Crippen molar-refractivity contribution in [2.75, 3.05) is 20.1 Å². The summed E-state index contributed by atoms with van der Waals surface area (Å²) in [6, 6.07) is -0.144. The largest absolute Gasteiger partial charge is 0.511 e.